The third kappa shape index (κ3) is 2.23. The van der Waals surface area contributed by atoms with Crippen LogP contribution in [0.15, 0.2) is 0 Å². The van der Waals surface area contributed by atoms with Crippen LogP contribution in [0.2, 0.25) is 0 Å². The Hall–Kier alpha value is -0.0800. The molecule has 0 spiro atoms. The lowest BCUT2D eigenvalue weighted by atomic mass is 10.1. The minimum absolute atomic E-state index is 0.786. The highest BCUT2D eigenvalue weighted by atomic mass is 15.2. The maximum absolute atomic E-state index is 3.68. The molecule has 2 atom stereocenters. The lowest BCUT2D eigenvalue weighted by Gasteiger charge is -2.36. The van der Waals surface area contributed by atoms with Crippen LogP contribution in [-0.4, -0.2) is 36.6 Å². The van der Waals surface area contributed by atoms with Crippen LogP contribution in [0.4, 0.5) is 0 Å². The second kappa shape index (κ2) is 4.43. The summed E-state index contributed by atoms with van der Waals surface area (Å²) in [5.74, 6) is 0. The van der Waals surface area contributed by atoms with E-state index in [0.29, 0.717) is 0 Å². The Morgan fingerprint density at radius 1 is 1.46 bits per heavy atom. The van der Waals surface area contributed by atoms with Gasteiger partial charge in [0.15, 0.2) is 0 Å². The minimum Gasteiger partial charge on any atom is -0.311 e. The molecule has 0 aromatic heterocycles. The first-order valence-corrected chi connectivity index (χ1v) is 5.87. The zero-order valence-electron chi connectivity index (χ0n) is 8.76. The first-order valence-electron chi connectivity index (χ1n) is 5.87. The van der Waals surface area contributed by atoms with E-state index in [2.05, 4.69) is 17.1 Å². The highest BCUT2D eigenvalue weighted by Gasteiger charge is 2.30. The van der Waals surface area contributed by atoms with Gasteiger partial charge < -0.3 is 5.32 Å². The summed E-state index contributed by atoms with van der Waals surface area (Å²) in [5, 5.41) is 3.68. The second-order valence-electron chi connectivity index (χ2n) is 4.54. The molecule has 2 heterocycles. The fourth-order valence-electron chi connectivity index (χ4n) is 2.66. The smallest absolute Gasteiger partial charge is 0.0221 e. The first-order chi connectivity index (χ1) is 6.40. The molecular formula is C11H22N2. The highest BCUT2D eigenvalue weighted by molar-refractivity contribution is 4.89. The quantitative estimate of drug-likeness (QED) is 0.713. The van der Waals surface area contributed by atoms with Crippen LogP contribution in [0.1, 0.15) is 39.0 Å². The van der Waals surface area contributed by atoms with Gasteiger partial charge in [0, 0.05) is 25.2 Å². The molecule has 0 aromatic carbocycles. The molecule has 2 aliphatic heterocycles. The first kappa shape index (κ1) is 9.47. The number of hydrogen-bond acceptors (Lipinski definition) is 2. The summed E-state index contributed by atoms with van der Waals surface area (Å²) in [6.45, 7) is 6.19. The van der Waals surface area contributed by atoms with Gasteiger partial charge in [0.2, 0.25) is 0 Å². The molecule has 0 unspecified atom stereocenters. The molecule has 0 aliphatic carbocycles. The van der Waals surface area contributed by atoms with E-state index in [-0.39, 0.29) is 0 Å². The third-order valence-corrected chi connectivity index (χ3v) is 3.50. The van der Waals surface area contributed by atoms with Crippen LogP contribution in [0.3, 0.4) is 0 Å². The van der Waals surface area contributed by atoms with E-state index in [1.54, 1.807) is 0 Å². The topological polar surface area (TPSA) is 15.3 Å². The summed E-state index contributed by atoms with van der Waals surface area (Å²) in [6.07, 6.45) is 6.94. The van der Waals surface area contributed by atoms with Gasteiger partial charge in [0.25, 0.3) is 0 Å². The van der Waals surface area contributed by atoms with Crippen molar-refractivity contribution in [3.8, 4) is 0 Å². The average Bonchev–Trinajstić information content (AvgIpc) is 2.61. The molecule has 1 N–H and O–H groups in total. The van der Waals surface area contributed by atoms with Crippen LogP contribution in [-0.2, 0) is 0 Å². The second-order valence-corrected chi connectivity index (χ2v) is 4.54. The summed E-state index contributed by atoms with van der Waals surface area (Å²) in [4.78, 5) is 2.69. The standard InChI is InChI=1S/C11H22N2/c1-2-3-5-10-9-13-7-4-6-11(13)8-12-10/h10-12H,2-9H2,1H3/t10-,11+/m0/s1. The number of fused-ring (bicyclic) bond motifs is 1. The van der Waals surface area contributed by atoms with Crippen molar-refractivity contribution < 1.29 is 0 Å². The molecule has 2 fully saturated rings. The van der Waals surface area contributed by atoms with E-state index < -0.39 is 0 Å². The minimum atomic E-state index is 0.786. The molecule has 2 saturated heterocycles. The Labute approximate surface area is 81.7 Å². The average molecular weight is 182 g/mol. The van der Waals surface area contributed by atoms with Crippen LogP contribution in [0.5, 0.6) is 0 Å². The van der Waals surface area contributed by atoms with Crippen molar-refractivity contribution in [3.05, 3.63) is 0 Å². The monoisotopic (exact) mass is 182 g/mol. The Bertz CT molecular complexity index is 158. The van der Waals surface area contributed by atoms with Gasteiger partial charge in [-0.15, -0.1) is 0 Å². The fraction of sp³-hybridized carbons (Fsp3) is 1.00. The normalized spacial score (nSPS) is 34.8. The van der Waals surface area contributed by atoms with Gasteiger partial charge in [0.1, 0.15) is 0 Å². The van der Waals surface area contributed by atoms with Gasteiger partial charge in [-0.2, -0.15) is 0 Å². The van der Waals surface area contributed by atoms with Crippen molar-refractivity contribution in [2.75, 3.05) is 19.6 Å². The Morgan fingerprint density at radius 3 is 3.23 bits per heavy atom. The number of rotatable bonds is 3. The third-order valence-electron chi connectivity index (χ3n) is 3.50. The van der Waals surface area contributed by atoms with Gasteiger partial charge in [0.05, 0.1) is 0 Å². The van der Waals surface area contributed by atoms with Crippen LogP contribution < -0.4 is 5.32 Å². The zero-order valence-corrected chi connectivity index (χ0v) is 8.76. The molecule has 0 saturated carbocycles. The van der Waals surface area contributed by atoms with Crippen molar-refractivity contribution in [1.82, 2.24) is 10.2 Å². The van der Waals surface area contributed by atoms with E-state index in [0.717, 1.165) is 12.1 Å². The summed E-state index contributed by atoms with van der Waals surface area (Å²) < 4.78 is 0. The maximum atomic E-state index is 3.68. The van der Waals surface area contributed by atoms with E-state index in [1.807, 2.05) is 0 Å². The number of hydrogen-bond donors (Lipinski definition) is 1. The summed E-state index contributed by atoms with van der Waals surface area (Å²) in [7, 11) is 0. The molecule has 13 heavy (non-hydrogen) atoms. The Kier molecular flexibility index (Phi) is 3.23. The molecule has 2 rings (SSSR count). The van der Waals surface area contributed by atoms with Crippen LogP contribution in [0, 0.1) is 0 Å². The largest absolute Gasteiger partial charge is 0.311 e. The van der Waals surface area contributed by atoms with Crippen LogP contribution in [0.25, 0.3) is 0 Å². The van der Waals surface area contributed by atoms with E-state index in [9.17, 15) is 0 Å². The Morgan fingerprint density at radius 2 is 2.38 bits per heavy atom. The SMILES string of the molecule is CCCC[C@H]1CN2CCC[C@@H]2CN1. The van der Waals surface area contributed by atoms with Crippen LogP contribution >= 0.6 is 0 Å². The number of nitrogens with zero attached hydrogens (tertiary/aromatic N) is 1. The Balaban J connectivity index is 1.76. The van der Waals surface area contributed by atoms with Gasteiger partial charge in [-0.05, 0) is 25.8 Å². The van der Waals surface area contributed by atoms with E-state index in [4.69, 9.17) is 0 Å². The van der Waals surface area contributed by atoms with Crippen molar-refractivity contribution in [2.24, 2.45) is 0 Å². The predicted octanol–water partition coefficient (Wildman–Crippen LogP) is 1.61. The van der Waals surface area contributed by atoms with Crippen molar-refractivity contribution in [3.63, 3.8) is 0 Å². The van der Waals surface area contributed by atoms with Gasteiger partial charge in [-0.3, -0.25) is 4.90 Å². The van der Waals surface area contributed by atoms with Gasteiger partial charge >= 0.3 is 0 Å². The molecule has 0 aromatic rings. The zero-order chi connectivity index (χ0) is 9.10. The van der Waals surface area contributed by atoms with Crippen molar-refractivity contribution >= 4 is 0 Å². The summed E-state index contributed by atoms with van der Waals surface area (Å²) in [6, 6.07) is 1.66. The maximum Gasteiger partial charge on any atom is 0.0221 e. The number of nitrogens with one attached hydrogen (secondary N) is 1. The summed E-state index contributed by atoms with van der Waals surface area (Å²) in [5.41, 5.74) is 0. The van der Waals surface area contributed by atoms with Gasteiger partial charge in [-0.25, -0.2) is 0 Å². The van der Waals surface area contributed by atoms with E-state index in [1.165, 1.54) is 51.7 Å². The molecular weight excluding hydrogens is 160 g/mol. The molecule has 2 heteroatoms. The molecule has 76 valence electrons. The van der Waals surface area contributed by atoms with Gasteiger partial charge in [-0.1, -0.05) is 19.8 Å². The fourth-order valence-corrected chi connectivity index (χ4v) is 2.66. The number of piperazine rings is 1. The molecule has 0 bridgehead atoms. The van der Waals surface area contributed by atoms with Crippen molar-refractivity contribution in [1.29, 1.82) is 0 Å². The van der Waals surface area contributed by atoms with Crippen molar-refractivity contribution in [2.45, 2.75) is 51.1 Å². The lowest BCUT2D eigenvalue weighted by Crippen LogP contribution is -2.53. The molecule has 0 radical (unpaired) electrons. The number of unbranched alkanes of at least 4 members (excludes halogenated alkanes) is 1. The molecule has 2 aliphatic rings. The highest BCUT2D eigenvalue weighted by Crippen LogP contribution is 2.21. The summed E-state index contributed by atoms with van der Waals surface area (Å²) >= 11 is 0. The predicted molar refractivity (Wildman–Crippen MR) is 55.9 cm³/mol. The lowest BCUT2D eigenvalue weighted by molar-refractivity contribution is 0.167. The molecule has 2 nitrogen and oxygen atoms in total. The molecule has 0 amide bonds. The van der Waals surface area contributed by atoms with E-state index >= 15 is 0 Å².